The summed E-state index contributed by atoms with van der Waals surface area (Å²) in [6, 6.07) is 1.62. The monoisotopic (exact) mass is 344 g/mol. The SMILES string of the molecule is CC(C)c1cc(C=O)c2c(c1O)OC(=O)[C@@]21CCCC(C)(C)[C@@H]1C=O. The summed E-state index contributed by atoms with van der Waals surface area (Å²) in [6.45, 7) is 7.70. The Labute approximate surface area is 147 Å². The summed E-state index contributed by atoms with van der Waals surface area (Å²) >= 11 is 0. The molecule has 5 nitrogen and oxygen atoms in total. The van der Waals surface area contributed by atoms with E-state index in [-0.39, 0.29) is 17.4 Å². The number of rotatable bonds is 3. The number of ether oxygens (including phenoxy) is 1. The fraction of sp³-hybridized carbons (Fsp3) is 0.550. The van der Waals surface area contributed by atoms with Gasteiger partial charge in [0.15, 0.2) is 17.8 Å². The Balaban J connectivity index is 2.35. The maximum atomic E-state index is 13.0. The molecule has 2 aliphatic rings. The van der Waals surface area contributed by atoms with Gasteiger partial charge in [-0.1, -0.05) is 34.1 Å². The van der Waals surface area contributed by atoms with E-state index in [0.29, 0.717) is 29.4 Å². The van der Waals surface area contributed by atoms with Crippen molar-refractivity contribution in [2.24, 2.45) is 11.3 Å². The number of benzene rings is 1. The van der Waals surface area contributed by atoms with E-state index in [2.05, 4.69) is 0 Å². The summed E-state index contributed by atoms with van der Waals surface area (Å²) in [6.07, 6.45) is 3.51. The largest absolute Gasteiger partial charge is 0.504 e. The lowest BCUT2D eigenvalue weighted by atomic mass is 9.54. The highest BCUT2D eigenvalue weighted by Gasteiger charge is 2.61. The van der Waals surface area contributed by atoms with Crippen LogP contribution in [0, 0.1) is 11.3 Å². The van der Waals surface area contributed by atoms with Gasteiger partial charge in [-0.2, -0.15) is 0 Å². The predicted octanol–water partition coefficient (Wildman–Crippen LogP) is 3.51. The van der Waals surface area contributed by atoms with Crippen LogP contribution in [0.15, 0.2) is 6.07 Å². The fourth-order valence-corrected chi connectivity index (χ4v) is 4.68. The van der Waals surface area contributed by atoms with Gasteiger partial charge in [-0.05, 0) is 30.2 Å². The van der Waals surface area contributed by atoms with Crippen LogP contribution in [-0.2, 0) is 15.0 Å². The van der Waals surface area contributed by atoms with E-state index in [1.807, 2.05) is 27.7 Å². The zero-order valence-electron chi connectivity index (χ0n) is 15.1. The molecule has 0 radical (unpaired) electrons. The van der Waals surface area contributed by atoms with Crippen molar-refractivity contribution < 1.29 is 24.2 Å². The van der Waals surface area contributed by atoms with Gasteiger partial charge in [-0.3, -0.25) is 9.59 Å². The highest BCUT2D eigenvalue weighted by atomic mass is 16.5. The molecule has 0 bridgehead atoms. The van der Waals surface area contributed by atoms with Crippen LogP contribution in [0.1, 0.15) is 74.4 Å². The van der Waals surface area contributed by atoms with E-state index in [9.17, 15) is 19.5 Å². The molecule has 1 fully saturated rings. The van der Waals surface area contributed by atoms with Crippen molar-refractivity contribution in [2.45, 2.75) is 58.3 Å². The molecule has 1 N–H and O–H groups in total. The van der Waals surface area contributed by atoms with Crippen molar-refractivity contribution in [3.63, 3.8) is 0 Å². The van der Waals surface area contributed by atoms with Gasteiger partial charge in [-0.25, -0.2) is 0 Å². The third-order valence-electron chi connectivity index (χ3n) is 5.97. The number of aldehydes is 2. The van der Waals surface area contributed by atoms with Crippen molar-refractivity contribution in [1.82, 2.24) is 0 Å². The van der Waals surface area contributed by atoms with E-state index in [1.165, 1.54) is 0 Å². The van der Waals surface area contributed by atoms with Crippen molar-refractivity contribution in [3.05, 3.63) is 22.8 Å². The summed E-state index contributed by atoms with van der Waals surface area (Å²) in [5, 5.41) is 10.6. The fourth-order valence-electron chi connectivity index (χ4n) is 4.68. The van der Waals surface area contributed by atoms with E-state index >= 15 is 0 Å². The molecule has 1 saturated carbocycles. The van der Waals surface area contributed by atoms with Gasteiger partial charge in [-0.15, -0.1) is 0 Å². The minimum absolute atomic E-state index is 0.0380. The Bertz CT molecular complexity index is 762. The zero-order chi connectivity index (χ0) is 18.6. The first kappa shape index (κ1) is 17.6. The smallest absolute Gasteiger partial charge is 0.323 e. The average molecular weight is 344 g/mol. The number of fused-ring (bicyclic) bond motifs is 2. The van der Waals surface area contributed by atoms with Gasteiger partial charge < -0.3 is 14.6 Å². The Morgan fingerprint density at radius 2 is 1.96 bits per heavy atom. The van der Waals surface area contributed by atoms with Gasteiger partial charge >= 0.3 is 5.97 Å². The molecule has 1 aliphatic carbocycles. The number of carbonyl (C=O) groups excluding carboxylic acids is 3. The molecule has 25 heavy (non-hydrogen) atoms. The molecule has 1 heterocycles. The second-order valence-electron chi connectivity index (χ2n) is 8.20. The lowest BCUT2D eigenvalue weighted by Crippen LogP contribution is -2.51. The average Bonchev–Trinajstić information content (AvgIpc) is 2.81. The van der Waals surface area contributed by atoms with Crippen molar-refractivity contribution in [3.8, 4) is 11.5 Å². The zero-order valence-corrected chi connectivity index (χ0v) is 15.1. The molecule has 1 aromatic rings. The van der Waals surface area contributed by atoms with E-state index in [1.54, 1.807) is 6.07 Å². The molecule has 0 unspecified atom stereocenters. The summed E-state index contributed by atoms with van der Waals surface area (Å²) in [7, 11) is 0. The molecule has 134 valence electrons. The molecule has 2 atom stereocenters. The molecule has 0 aromatic heterocycles. The lowest BCUT2D eigenvalue weighted by Gasteiger charge is -2.46. The number of hydrogen-bond acceptors (Lipinski definition) is 5. The van der Waals surface area contributed by atoms with Gasteiger partial charge in [0.25, 0.3) is 0 Å². The molecular weight excluding hydrogens is 320 g/mol. The Morgan fingerprint density at radius 1 is 1.28 bits per heavy atom. The van der Waals surface area contributed by atoms with Crippen LogP contribution in [0.3, 0.4) is 0 Å². The third-order valence-corrected chi connectivity index (χ3v) is 5.97. The minimum Gasteiger partial charge on any atom is -0.504 e. The molecule has 1 spiro atoms. The topological polar surface area (TPSA) is 80.7 Å². The minimum atomic E-state index is -1.19. The number of aromatic hydroxyl groups is 1. The first-order chi connectivity index (χ1) is 11.7. The molecule has 0 amide bonds. The Hall–Kier alpha value is -2.17. The number of carbonyl (C=O) groups is 3. The third kappa shape index (κ3) is 2.25. The second-order valence-corrected chi connectivity index (χ2v) is 8.20. The maximum absolute atomic E-state index is 13.0. The highest BCUT2D eigenvalue weighted by Crippen LogP contribution is 2.60. The van der Waals surface area contributed by atoms with Crippen LogP contribution >= 0.6 is 0 Å². The molecule has 1 aliphatic heterocycles. The highest BCUT2D eigenvalue weighted by molar-refractivity contribution is 5.99. The van der Waals surface area contributed by atoms with Gasteiger partial charge in [0, 0.05) is 22.6 Å². The van der Waals surface area contributed by atoms with E-state index in [4.69, 9.17) is 4.74 Å². The van der Waals surface area contributed by atoms with Crippen LogP contribution in [0.25, 0.3) is 0 Å². The Kier molecular flexibility index (Phi) is 4.01. The van der Waals surface area contributed by atoms with Crippen molar-refractivity contribution >= 4 is 18.5 Å². The van der Waals surface area contributed by atoms with Gasteiger partial charge in [0.1, 0.15) is 11.7 Å². The van der Waals surface area contributed by atoms with Crippen molar-refractivity contribution in [1.29, 1.82) is 0 Å². The molecule has 5 heteroatoms. The van der Waals surface area contributed by atoms with Crippen LogP contribution in [-0.4, -0.2) is 23.6 Å². The van der Waals surface area contributed by atoms with E-state index in [0.717, 1.165) is 19.1 Å². The molecule has 0 saturated heterocycles. The summed E-state index contributed by atoms with van der Waals surface area (Å²) in [5.74, 6) is -1.22. The second kappa shape index (κ2) is 5.68. The summed E-state index contributed by atoms with van der Waals surface area (Å²) < 4.78 is 5.48. The number of hydrogen-bond donors (Lipinski definition) is 1. The number of phenols is 1. The first-order valence-corrected chi connectivity index (χ1v) is 8.73. The normalized spacial score (nSPS) is 27.2. The number of esters is 1. The van der Waals surface area contributed by atoms with Crippen LogP contribution in [0.4, 0.5) is 0 Å². The van der Waals surface area contributed by atoms with Crippen molar-refractivity contribution in [2.75, 3.05) is 0 Å². The molecule has 3 rings (SSSR count). The van der Waals surface area contributed by atoms with Gasteiger partial charge in [0.05, 0.1) is 0 Å². The van der Waals surface area contributed by atoms with Crippen LogP contribution < -0.4 is 4.74 Å². The quantitative estimate of drug-likeness (QED) is 0.515. The van der Waals surface area contributed by atoms with Crippen LogP contribution in [0.5, 0.6) is 11.5 Å². The Morgan fingerprint density at radius 3 is 2.52 bits per heavy atom. The lowest BCUT2D eigenvalue weighted by molar-refractivity contribution is -0.147. The molecule has 1 aromatic carbocycles. The van der Waals surface area contributed by atoms with Crippen LogP contribution in [0.2, 0.25) is 0 Å². The molecular formula is C20H24O5. The van der Waals surface area contributed by atoms with E-state index < -0.39 is 22.7 Å². The first-order valence-electron chi connectivity index (χ1n) is 8.73. The number of phenolic OH excluding ortho intramolecular Hbond substituents is 1. The maximum Gasteiger partial charge on any atom is 0.323 e. The predicted molar refractivity (Wildman–Crippen MR) is 92.1 cm³/mol. The van der Waals surface area contributed by atoms with Gasteiger partial charge in [0.2, 0.25) is 0 Å². The standard InChI is InChI=1S/C20H24O5/c1-11(2)13-8-12(9-21)15-17(16(13)23)25-18(24)20(15)7-5-6-19(3,4)14(20)10-22/h8-11,14,23H,5-7H2,1-4H3/t14-,20+/m0/s1. The summed E-state index contributed by atoms with van der Waals surface area (Å²) in [5.41, 5.74) is -0.315. The summed E-state index contributed by atoms with van der Waals surface area (Å²) in [4.78, 5) is 36.8.